The van der Waals surface area contributed by atoms with Crippen molar-refractivity contribution < 1.29 is 36.6 Å². The average molecular weight is 333 g/mol. The number of aromatic carboxylic acids is 1. The van der Waals surface area contributed by atoms with Gasteiger partial charge in [-0.1, -0.05) is 0 Å². The van der Waals surface area contributed by atoms with Crippen molar-refractivity contribution in [2.45, 2.75) is 11.1 Å². The maximum Gasteiger partial charge on any atom is 0.402 e. The molecule has 1 aromatic rings. The number of nitrogens with zero attached hydrogens (tertiary/aromatic N) is 1. The molecular weight excluding hydrogens is 323 g/mol. The lowest BCUT2D eigenvalue weighted by Gasteiger charge is -2.22. The molecule has 0 atom stereocenters. The van der Waals surface area contributed by atoms with Gasteiger partial charge in [0.1, 0.15) is 16.3 Å². The number of carboxylic acids is 1. The molecule has 0 aliphatic carbocycles. The molecule has 1 aromatic heterocycles. The fourth-order valence-electron chi connectivity index (χ4n) is 1.39. The number of hydrogen-bond acceptors (Lipinski definition) is 5. The molecular formula is C9H10F3NO5S2. The van der Waals surface area contributed by atoms with Gasteiger partial charge in [0.05, 0.1) is 6.61 Å². The van der Waals surface area contributed by atoms with Crippen LogP contribution in [0.25, 0.3) is 0 Å². The maximum atomic E-state index is 12.4. The van der Waals surface area contributed by atoms with Crippen molar-refractivity contribution in [3.63, 3.8) is 0 Å². The summed E-state index contributed by atoms with van der Waals surface area (Å²) in [6, 6.07) is 0.921. The van der Waals surface area contributed by atoms with Gasteiger partial charge in [0.15, 0.2) is 0 Å². The number of halogens is 3. The molecule has 20 heavy (non-hydrogen) atoms. The summed E-state index contributed by atoms with van der Waals surface area (Å²) in [5, 5.41) is 18.7. The summed E-state index contributed by atoms with van der Waals surface area (Å²) in [6.45, 7) is -3.40. The molecule has 1 heterocycles. The van der Waals surface area contributed by atoms with E-state index in [1.54, 1.807) is 0 Å². The largest absolute Gasteiger partial charge is 0.477 e. The molecule has 0 aliphatic heterocycles. The average Bonchev–Trinajstić information content (AvgIpc) is 2.76. The van der Waals surface area contributed by atoms with Crippen molar-refractivity contribution in [3.05, 3.63) is 16.3 Å². The smallest absolute Gasteiger partial charge is 0.402 e. The van der Waals surface area contributed by atoms with Crippen LogP contribution in [0.2, 0.25) is 0 Å². The van der Waals surface area contributed by atoms with Crippen LogP contribution in [0, 0.1) is 0 Å². The van der Waals surface area contributed by atoms with E-state index in [9.17, 15) is 26.4 Å². The van der Waals surface area contributed by atoms with Crippen LogP contribution in [0.3, 0.4) is 0 Å². The highest BCUT2D eigenvalue weighted by Crippen LogP contribution is 2.27. The Hall–Kier alpha value is -1.17. The number of alkyl halides is 3. The number of carboxylic acid groups (broad SMARTS) is 1. The second-order valence-electron chi connectivity index (χ2n) is 3.60. The standard InChI is InChI=1S/C9H10F3NO5S2/c10-9(11,12)5-13(2-3-14)20(17,18)6-1-4-19-7(6)8(15)16/h1,4,14H,2-3,5H2,(H,15,16). The molecule has 0 amide bonds. The summed E-state index contributed by atoms with van der Waals surface area (Å²) in [5.41, 5.74) is 0. The SMILES string of the molecule is O=C(O)c1sccc1S(=O)(=O)N(CCO)CC(F)(F)F. The Balaban J connectivity index is 3.23. The van der Waals surface area contributed by atoms with Gasteiger partial charge < -0.3 is 10.2 Å². The fourth-order valence-corrected chi connectivity index (χ4v) is 4.04. The Bertz CT molecular complexity index is 581. The zero-order valence-electron chi connectivity index (χ0n) is 9.79. The normalized spacial score (nSPS) is 12.8. The van der Waals surface area contributed by atoms with Crippen molar-refractivity contribution in [1.82, 2.24) is 4.31 Å². The van der Waals surface area contributed by atoms with E-state index >= 15 is 0 Å². The topological polar surface area (TPSA) is 94.9 Å². The van der Waals surface area contributed by atoms with Crippen LogP contribution >= 0.6 is 11.3 Å². The van der Waals surface area contributed by atoms with Gasteiger partial charge >= 0.3 is 12.1 Å². The molecule has 0 saturated carbocycles. The van der Waals surface area contributed by atoms with E-state index in [0.717, 1.165) is 11.4 Å². The number of carbonyl (C=O) groups is 1. The number of hydrogen-bond donors (Lipinski definition) is 2. The number of rotatable bonds is 6. The Labute approximate surface area is 116 Å². The van der Waals surface area contributed by atoms with Crippen LogP contribution in [0.5, 0.6) is 0 Å². The van der Waals surface area contributed by atoms with Crippen LogP contribution in [0.4, 0.5) is 13.2 Å². The first-order valence-corrected chi connectivity index (χ1v) is 7.40. The fraction of sp³-hybridized carbons (Fsp3) is 0.444. The van der Waals surface area contributed by atoms with Gasteiger partial charge in [-0.25, -0.2) is 13.2 Å². The second kappa shape index (κ2) is 6.08. The zero-order valence-corrected chi connectivity index (χ0v) is 11.4. The molecule has 0 radical (unpaired) electrons. The minimum atomic E-state index is -4.80. The van der Waals surface area contributed by atoms with Crippen LogP contribution in [0.15, 0.2) is 16.3 Å². The highest BCUT2D eigenvalue weighted by molar-refractivity contribution is 7.89. The van der Waals surface area contributed by atoms with E-state index in [4.69, 9.17) is 10.2 Å². The van der Waals surface area contributed by atoms with Gasteiger partial charge in [0.2, 0.25) is 10.0 Å². The summed E-state index contributed by atoms with van der Waals surface area (Å²) in [6.07, 6.45) is -4.80. The van der Waals surface area contributed by atoms with Gasteiger partial charge in [-0.05, 0) is 11.4 Å². The molecule has 6 nitrogen and oxygen atoms in total. The van der Waals surface area contributed by atoms with E-state index in [0.29, 0.717) is 11.3 Å². The highest BCUT2D eigenvalue weighted by atomic mass is 32.2. The van der Waals surface area contributed by atoms with E-state index < -0.39 is 51.6 Å². The predicted octanol–water partition coefficient (Wildman–Crippen LogP) is 0.992. The predicted molar refractivity (Wildman–Crippen MR) is 63.2 cm³/mol. The molecule has 1 rings (SSSR count). The molecule has 2 N–H and O–H groups in total. The number of thiophene rings is 1. The van der Waals surface area contributed by atoms with Crippen LogP contribution in [-0.4, -0.2) is 54.8 Å². The zero-order chi connectivity index (χ0) is 15.6. The number of aliphatic hydroxyl groups is 1. The second-order valence-corrected chi connectivity index (χ2v) is 6.42. The number of sulfonamides is 1. The lowest BCUT2D eigenvalue weighted by Crippen LogP contribution is -2.40. The molecule has 0 aromatic carbocycles. The van der Waals surface area contributed by atoms with Crippen molar-refractivity contribution in [3.8, 4) is 0 Å². The van der Waals surface area contributed by atoms with E-state index in [1.807, 2.05) is 0 Å². The lowest BCUT2D eigenvalue weighted by molar-refractivity contribution is -0.136. The minimum absolute atomic E-state index is 0.00148. The quantitative estimate of drug-likeness (QED) is 0.809. The van der Waals surface area contributed by atoms with Gasteiger partial charge in [0, 0.05) is 6.54 Å². The van der Waals surface area contributed by atoms with Crippen molar-refractivity contribution in [2.24, 2.45) is 0 Å². The molecule has 0 aliphatic rings. The van der Waals surface area contributed by atoms with Crippen molar-refractivity contribution in [1.29, 1.82) is 0 Å². The molecule has 11 heteroatoms. The van der Waals surface area contributed by atoms with Crippen LogP contribution in [0.1, 0.15) is 9.67 Å². The van der Waals surface area contributed by atoms with E-state index in [-0.39, 0.29) is 4.31 Å². The van der Waals surface area contributed by atoms with E-state index in [1.165, 1.54) is 0 Å². The molecule has 0 spiro atoms. The van der Waals surface area contributed by atoms with Crippen LogP contribution in [-0.2, 0) is 10.0 Å². The molecule has 0 bridgehead atoms. The van der Waals surface area contributed by atoms with Gasteiger partial charge in [-0.15, -0.1) is 11.3 Å². The maximum absolute atomic E-state index is 12.4. The summed E-state index contributed by atoms with van der Waals surface area (Å²) in [4.78, 5) is 9.56. The monoisotopic (exact) mass is 333 g/mol. The van der Waals surface area contributed by atoms with Crippen molar-refractivity contribution in [2.75, 3.05) is 19.7 Å². The van der Waals surface area contributed by atoms with Crippen LogP contribution < -0.4 is 0 Å². The van der Waals surface area contributed by atoms with Gasteiger partial charge in [-0.3, -0.25) is 0 Å². The summed E-state index contributed by atoms with van der Waals surface area (Å²) in [5.74, 6) is -1.55. The van der Waals surface area contributed by atoms with E-state index in [2.05, 4.69) is 0 Å². The first-order valence-electron chi connectivity index (χ1n) is 5.08. The molecule has 0 saturated heterocycles. The Morgan fingerprint density at radius 3 is 2.45 bits per heavy atom. The van der Waals surface area contributed by atoms with Gasteiger partial charge in [0.25, 0.3) is 0 Å². The Kier molecular flexibility index (Phi) is 5.13. The molecule has 0 unspecified atom stereocenters. The summed E-state index contributed by atoms with van der Waals surface area (Å²) < 4.78 is 61.2. The first-order chi connectivity index (χ1) is 9.09. The van der Waals surface area contributed by atoms with Crippen molar-refractivity contribution >= 4 is 27.3 Å². The lowest BCUT2D eigenvalue weighted by atomic mass is 10.5. The Morgan fingerprint density at radius 2 is 2.00 bits per heavy atom. The third-order valence-corrected chi connectivity index (χ3v) is 5.07. The molecule has 114 valence electrons. The Morgan fingerprint density at radius 1 is 1.40 bits per heavy atom. The third kappa shape index (κ3) is 3.91. The minimum Gasteiger partial charge on any atom is -0.477 e. The first kappa shape index (κ1) is 16.9. The van der Waals surface area contributed by atoms with Gasteiger partial charge in [-0.2, -0.15) is 17.5 Å². The molecule has 0 fully saturated rings. The summed E-state index contributed by atoms with van der Waals surface area (Å²) >= 11 is 0.589. The summed E-state index contributed by atoms with van der Waals surface area (Å²) in [7, 11) is -4.65. The number of aliphatic hydroxyl groups excluding tert-OH is 1. The highest BCUT2D eigenvalue weighted by Gasteiger charge is 2.38. The third-order valence-electron chi connectivity index (χ3n) is 2.15.